The van der Waals surface area contributed by atoms with Gasteiger partial charge in [0.05, 0.1) is 11.8 Å². The minimum absolute atomic E-state index is 0.0177. The first-order valence-corrected chi connectivity index (χ1v) is 10.8. The van der Waals surface area contributed by atoms with Gasteiger partial charge in [-0.25, -0.2) is 5.43 Å². The van der Waals surface area contributed by atoms with Crippen molar-refractivity contribution >= 4 is 39.3 Å². The molecular weight excluding hydrogens is 442 g/mol. The lowest BCUT2D eigenvalue weighted by atomic mass is 9.87. The molecule has 6 heteroatoms. The molecule has 30 heavy (non-hydrogen) atoms. The van der Waals surface area contributed by atoms with Crippen LogP contribution in [0.5, 0.6) is 5.75 Å². The van der Waals surface area contributed by atoms with Gasteiger partial charge in [0.1, 0.15) is 5.75 Å². The number of likely N-dealkylation sites (N-methyl/N-ethyl adjacent to an activating group) is 1. The van der Waals surface area contributed by atoms with Crippen LogP contribution in [0, 0.1) is 6.92 Å². The average molecular weight is 470 g/mol. The molecule has 0 fully saturated rings. The molecule has 158 valence electrons. The fourth-order valence-electron chi connectivity index (χ4n) is 3.87. The number of carbonyl (C=O) groups is 1. The van der Waals surface area contributed by atoms with E-state index in [4.69, 9.17) is 4.74 Å². The van der Waals surface area contributed by atoms with Gasteiger partial charge in [-0.15, -0.1) is 0 Å². The van der Waals surface area contributed by atoms with Crippen molar-refractivity contribution in [2.45, 2.75) is 40.2 Å². The Balaban J connectivity index is 1.69. The third-order valence-corrected chi connectivity index (χ3v) is 5.73. The van der Waals surface area contributed by atoms with E-state index in [-0.39, 0.29) is 18.1 Å². The van der Waals surface area contributed by atoms with E-state index >= 15 is 0 Å². The Kier molecular flexibility index (Phi) is 6.66. The van der Waals surface area contributed by atoms with Gasteiger partial charge in [0.25, 0.3) is 5.91 Å². The second kappa shape index (κ2) is 9.04. The van der Waals surface area contributed by atoms with E-state index in [1.54, 1.807) is 12.3 Å². The molecule has 1 amide bonds. The first-order chi connectivity index (χ1) is 14.2. The number of carbonyl (C=O) groups excluding carboxylic acids is 1. The largest absolute Gasteiger partial charge is 0.484 e. The topological polar surface area (TPSA) is 53.9 Å². The molecule has 1 aliphatic rings. The van der Waals surface area contributed by atoms with Crippen LogP contribution in [-0.2, 0) is 4.79 Å². The van der Waals surface area contributed by atoms with Gasteiger partial charge in [0.15, 0.2) is 6.61 Å². The summed E-state index contributed by atoms with van der Waals surface area (Å²) in [6, 6.07) is 11.7. The predicted molar refractivity (Wildman–Crippen MR) is 127 cm³/mol. The molecule has 0 radical (unpaired) electrons. The maximum atomic E-state index is 12.0. The Morgan fingerprint density at radius 1 is 1.27 bits per heavy atom. The van der Waals surface area contributed by atoms with Crippen molar-refractivity contribution in [3.05, 3.63) is 63.6 Å². The van der Waals surface area contributed by atoms with Crippen LogP contribution in [0.4, 0.5) is 5.69 Å². The highest BCUT2D eigenvalue weighted by molar-refractivity contribution is 9.10. The van der Waals surface area contributed by atoms with E-state index in [1.807, 2.05) is 18.2 Å². The van der Waals surface area contributed by atoms with Crippen LogP contribution >= 0.6 is 15.9 Å². The number of ether oxygens (including phenoxy) is 1. The van der Waals surface area contributed by atoms with Crippen molar-refractivity contribution in [2.24, 2.45) is 5.10 Å². The molecule has 0 atom stereocenters. The van der Waals surface area contributed by atoms with Gasteiger partial charge in [-0.2, -0.15) is 5.10 Å². The molecule has 0 aromatic heterocycles. The van der Waals surface area contributed by atoms with E-state index in [0.29, 0.717) is 5.75 Å². The highest BCUT2D eigenvalue weighted by Crippen LogP contribution is 2.39. The summed E-state index contributed by atoms with van der Waals surface area (Å²) in [6.07, 6.45) is 3.99. The van der Waals surface area contributed by atoms with Gasteiger partial charge in [-0.05, 0) is 81.7 Å². The number of nitrogens with zero attached hydrogens (tertiary/aromatic N) is 2. The summed E-state index contributed by atoms with van der Waals surface area (Å²) in [5.74, 6) is 0.316. The molecule has 0 aliphatic carbocycles. The van der Waals surface area contributed by atoms with Crippen LogP contribution in [-0.4, -0.2) is 30.8 Å². The van der Waals surface area contributed by atoms with Gasteiger partial charge >= 0.3 is 0 Å². The Bertz CT molecular complexity index is 1010. The minimum Gasteiger partial charge on any atom is -0.484 e. The quantitative estimate of drug-likeness (QED) is 0.460. The first-order valence-electron chi connectivity index (χ1n) is 10.0. The van der Waals surface area contributed by atoms with E-state index in [9.17, 15) is 4.79 Å². The second-order valence-corrected chi connectivity index (χ2v) is 8.91. The molecule has 0 spiro atoms. The highest BCUT2D eigenvalue weighted by Gasteiger charge is 2.30. The van der Waals surface area contributed by atoms with Crippen molar-refractivity contribution in [3.63, 3.8) is 0 Å². The maximum absolute atomic E-state index is 12.0. The lowest BCUT2D eigenvalue weighted by Gasteiger charge is -2.43. The molecule has 1 N–H and O–H groups in total. The molecule has 3 rings (SSSR count). The number of fused-ring (bicyclic) bond motifs is 1. The lowest BCUT2D eigenvalue weighted by Crippen LogP contribution is -2.45. The number of rotatable bonds is 6. The number of halogens is 1. The van der Waals surface area contributed by atoms with Crippen LogP contribution in [0.15, 0.2) is 52.0 Å². The van der Waals surface area contributed by atoms with Crippen molar-refractivity contribution in [1.82, 2.24) is 5.43 Å². The van der Waals surface area contributed by atoms with E-state index in [0.717, 1.165) is 22.1 Å². The smallest absolute Gasteiger partial charge is 0.277 e. The molecule has 0 saturated heterocycles. The van der Waals surface area contributed by atoms with Crippen molar-refractivity contribution in [2.75, 3.05) is 18.1 Å². The molecule has 5 nitrogen and oxygen atoms in total. The minimum atomic E-state index is -0.308. The van der Waals surface area contributed by atoms with E-state index in [1.165, 1.54) is 16.8 Å². The molecule has 1 aliphatic heterocycles. The summed E-state index contributed by atoms with van der Waals surface area (Å²) in [4.78, 5) is 14.4. The van der Waals surface area contributed by atoms with Gasteiger partial charge < -0.3 is 9.64 Å². The monoisotopic (exact) mass is 469 g/mol. The summed E-state index contributed by atoms with van der Waals surface area (Å²) < 4.78 is 6.38. The highest BCUT2D eigenvalue weighted by atomic mass is 79.9. The zero-order valence-electron chi connectivity index (χ0n) is 18.1. The lowest BCUT2D eigenvalue weighted by molar-refractivity contribution is -0.123. The number of aryl methyl sites for hydroxylation is 1. The number of amides is 1. The summed E-state index contributed by atoms with van der Waals surface area (Å²) in [6.45, 7) is 11.7. The molecule has 2 aromatic carbocycles. The van der Waals surface area contributed by atoms with E-state index in [2.05, 4.69) is 84.2 Å². The zero-order valence-corrected chi connectivity index (χ0v) is 19.7. The summed E-state index contributed by atoms with van der Waals surface area (Å²) in [5, 5.41) is 4.13. The number of hydrazone groups is 1. The average Bonchev–Trinajstić information content (AvgIpc) is 2.67. The number of nitrogens with one attached hydrogen (secondary N) is 1. The number of hydrogen-bond donors (Lipinski definition) is 1. The van der Waals surface area contributed by atoms with E-state index < -0.39 is 0 Å². The SMILES string of the molecule is CCN1c2cc(C)c(/C=N/NC(=O)COc3cccc(Br)c3)cc2C(C)=CC1(C)C. The fraction of sp³-hybridized carbons (Fsp3) is 0.333. The number of allylic oxidation sites excluding steroid dienone is 1. The molecule has 2 aromatic rings. The van der Waals surface area contributed by atoms with Crippen LogP contribution in [0.2, 0.25) is 0 Å². The van der Waals surface area contributed by atoms with Gasteiger partial charge in [-0.1, -0.05) is 28.1 Å². The number of anilines is 1. The number of hydrogen-bond acceptors (Lipinski definition) is 4. The molecular formula is C24H28BrN3O2. The fourth-order valence-corrected chi connectivity index (χ4v) is 4.25. The third kappa shape index (κ3) is 4.93. The zero-order chi connectivity index (χ0) is 21.9. The summed E-state index contributed by atoms with van der Waals surface area (Å²) >= 11 is 3.38. The molecule has 0 unspecified atom stereocenters. The molecule has 0 saturated carbocycles. The van der Waals surface area contributed by atoms with Gasteiger partial charge in [0, 0.05) is 22.3 Å². The van der Waals surface area contributed by atoms with Gasteiger partial charge in [0.2, 0.25) is 0 Å². The van der Waals surface area contributed by atoms with Gasteiger partial charge in [-0.3, -0.25) is 4.79 Å². The van der Waals surface area contributed by atoms with Crippen LogP contribution in [0.1, 0.15) is 44.4 Å². The number of benzene rings is 2. The Morgan fingerprint density at radius 2 is 2.03 bits per heavy atom. The maximum Gasteiger partial charge on any atom is 0.277 e. The Morgan fingerprint density at radius 3 is 2.73 bits per heavy atom. The second-order valence-electron chi connectivity index (χ2n) is 7.99. The third-order valence-electron chi connectivity index (χ3n) is 5.24. The molecule has 1 heterocycles. The van der Waals surface area contributed by atoms with Crippen molar-refractivity contribution < 1.29 is 9.53 Å². The predicted octanol–water partition coefficient (Wildman–Crippen LogP) is 5.31. The Hall–Kier alpha value is -2.60. The van der Waals surface area contributed by atoms with Crippen LogP contribution in [0.3, 0.4) is 0 Å². The summed E-state index contributed by atoms with van der Waals surface area (Å²) in [7, 11) is 0. The normalized spacial score (nSPS) is 15.0. The molecule has 0 bridgehead atoms. The van der Waals surface area contributed by atoms with Crippen LogP contribution in [0.25, 0.3) is 5.57 Å². The van der Waals surface area contributed by atoms with Crippen LogP contribution < -0.4 is 15.1 Å². The van der Waals surface area contributed by atoms with Crippen molar-refractivity contribution in [1.29, 1.82) is 0 Å². The summed E-state index contributed by atoms with van der Waals surface area (Å²) in [5.41, 5.74) is 8.30. The Labute approximate surface area is 186 Å². The van der Waals surface area contributed by atoms with Crippen molar-refractivity contribution in [3.8, 4) is 5.75 Å². The standard InChI is InChI=1S/C24H28BrN3O2/c1-6-28-22-10-16(2)18(11-21(22)17(3)13-24(28,4)5)14-26-27-23(29)15-30-20-9-7-8-19(25)12-20/h7-14H,6,15H2,1-5H3,(H,27,29)/b26-14+. The first kappa shape index (κ1) is 22.1.